The Morgan fingerprint density at radius 2 is 1.83 bits per heavy atom. The van der Waals surface area contributed by atoms with Gasteiger partial charge in [-0.25, -0.2) is 4.68 Å². The van der Waals surface area contributed by atoms with E-state index in [1.54, 1.807) is 17.1 Å². The van der Waals surface area contributed by atoms with E-state index >= 15 is 0 Å². The van der Waals surface area contributed by atoms with Gasteiger partial charge in [0.15, 0.2) is 0 Å². The lowest BCUT2D eigenvalue weighted by Gasteiger charge is -2.11. The van der Waals surface area contributed by atoms with Gasteiger partial charge in [-0.1, -0.05) is 54.1 Å². The first kappa shape index (κ1) is 18.6. The standard InChI is InChI=1S/C24H22N4O/c1-17-10-11-22(18(2)13-17)28-23(14-21(27-28)20-8-4-3-5-9-20)24(29)26-16-19-7-6-12-25-15-19/h3-15H,16H2,1-2H3,(H,26,29). The van der Waals surface area contributed by atoms with Crippen molar-refractivity contribution in [2.45, 2.75) is 20.4 Å². The highest BCUT2D eigenvalue weighted by Crippen LogP contribution is 2.24. The molecule has 0 bridgehead atoms. The number of amides is 1. The number of hydrogen-bond donors (Lipinski definition) is 1. The Morgan fingerprint density at radius 1 is 1.00 bits per heavy atom. The summed E-state index contributed by atoms with van der Waals surface area (Å²) >= 11 is 0. The second kappa shape index (κ2) is 8.10. The first-order valence-corrected chi connectivity index (χ1v) is 9.52. The number of carbonyl (C=O) groups excluding carboxylic acids is 1. The molecule has 0 saturated carbocycles. The molecule has 0 aliphatic rings. The normalized spacial score (nSPS) is 10.7. The van der Waals surface area contributed by atoms with Gasteiger partial charge in [0.25, 0.3) is 5.91 Å². The lowest BCUT2D eigenvalue weighted by atomic mass is 10.1. The summed E-state index contributed by atoms with van der Waals surface area (Å²) in [5, 5.41) is 7.74. The van der Waals surface area contributed by atoms with Gasteiger partial charge in [0.1, 0.15) is 5.69 Å². The first-order valence-electron chi connectivity index (χ1n) is 9.52. The van der Waals surface area contributed by atoms with Crippen LogP contribution in [0.5, 0.6) is 0 Å². The highest BCUT2D eigenvalue weighted by molar-refractivity contribution is 5.94. The van der Waals surface area contributed by atoms with Gasteiger partial charge in [0, 0.05) is 24.5 Å². The molecular weight excluding hydrogens is 360 g/mol. The van der Waals surface area contributed by atoms with Crippen molar-refractivity contribution >= 4 is 5.91 Å². The minimum Gasteiger partial charge on any atom is -0.347 e. The van der Waals surface area contributed by atoms with E-state index in [-0.39, 0.29) is 5.91 Å². The average Bonchev–Trinajstić information content (AvgIpc) is 3.19. The largest absolute Gasteiger partial charge is 0.347 e. The fraction of sp³-hybridized carbons (Fsp3) is 0.125. The summed E-state index contributed by atoms with van der Waals surface area (Å²) in [5.74, 6) is -0.177. The van der Waals surface area contributed by atoms with Gasteiger partial charge < -0.3 is 5.32 Å². The van der Waals surface area contributed by atoms with E-state index in [9.17, 15) is 4.79 Å². The van der Waals surface area contributed by atoms with Crippen molar-refractivity contribution < 1.29 is 4.79 Å². The second-order valence-electron chi connectivity index (χ2n) is 7.03. The predicted octanol–water partition coefficient (Wildman–Crippen LogP) is 4.48. The fourth-order valence-electron chi connectivity index (χ4n) is 3.30. The summed E-state index contributed by atoms with van der Waals surface area (Å²) in [5.41, 5.74) is 6.30. The van der Waals surface area contributed by atoms with Crippen LogP contribution in [0.25, 0.3) is 16.9 Å². The van der Waals surface area contributed by atoms with Crippen LogP contribution in [0.1, 0.15) is 27.2 Å². The molecule has 0 atom stereocenters. The van der Waals surface area contributed by atoms with Crippen LogP contribution in [-0.4, -0.2) is 20.7 Å². The number of nitrogens with one attached hydrogen (secondary N) is 1. The zero-order chi connectivity index (χ0) is 20.2. The summed E-state index contributed by atoms with van der Waals surface area (Å²) in [6, 6.07) is 21.6. The third-order valence-electron chi connectivity index (χ3n) is 4.77. The van der Waals surface area contributed by atoms with E-state index in [0.717, 1.165) is 28.1 Å². The Hall–Kier alpha value is -3.73. The molecule has 0 fully saturated rings. The van der Waals surface area contributed by atoms with Crippen LogP contribution in [-0.2, 0) is 6.54 Å². The molecule has 2 heterocycles. The maximum atomic E-state index is 13.0. The molecule has 5 nitrogen and oxygen atoms in total. The van der Waals surface area contributed by atoms with Gasteiger partial charge in [0.05, 0.1) is 11.4 Å². The summed E-state index contributed by atoms with van der Waals surface area (Å²) in [6.07, 6.45) is 3.46. The van der Waals surface area contributed by atoms with Crippen LogP contribution in [0.2, 0.25) is 0 Å². The fourth-order valence-corrected chi connectivity index (χ4v) is 3.30. The van der Waals surface area contributed by atoms with Crippen molar-refractivity contribution in [3.8, 4) is 16.9 Å². The summed E-state index contributed by atoms with van der Waals surface area (Å²) in [7, 11) is 0. The molecule has 1 N–H and O–H groups in total. The van der Waals surface area contributed by atoms with Crippen LogP contribution in [0, 0.1) is 13.8 Å². The highest BCUT2D eigenvalue weighted by atomic mass is 16.2. The van der Waals surface area contributed by atoms with Gasteiger partial charge in [-0.05, 0) is 43.2 Å². The van der Waals surface area contributed by atoms with E-state index in [1.165, 1.54) is 5.56 Å². The third-order valence-corrected chi connectivity index (χ3v) is 4.77. The molecule has 0 aliphatic carbocycles. The minimum absolute atomic E-state index is 0.177. The molecule has 29 heavy (non-hydrogen) atoms. The Kier molecular flexibility index (Phi) is 5.20. The number of rotatable bonds is 5. The summed E-state index contributed by atoms with van der Waals surface area (Å²) < 4.78 is 1.73. The Labute approximate surface area is 170 Å². The van der Waals surface area contributed by atoms with E-state index < -0.39 is 0 Å². The summed E-state index contributed by atoms with van der Waals surface area (Å²) in [4.78, 5) is 17.1. The van der Waals surface area contributed by atoms with Gasteiger partial charge in [-0.3, -0.25) is 9.78 Å². The zero-order valence-electron chi connectivity index (χ0n) is 16.5. The molecule has 0 spiro atoms. The van der Waals surface area contributed by atoms with Crippen LogP contribution >= 0.6 is 0 Å². The van der Waals surface area contributed by atoms with Gasteiger partial charge in [-0.15, -0.1) is 0 Å². The topological polar surface area (TPSA) is 59.8 Å². The molecule has 4 aromatic rings. The SMILES string of the molecule is Cc1ccc(-n2nc(-c3ccccc3)cc2C(=O)NCc2cccnc2)c(C)c1. The van der Waals surface area contributed by atoms with Crippen LogP contribution < -0.4 is 5.32 Å². The van der Waals surface area contributed by atoms with Crippen molar-refractivity contribution in [2.24, 2.45) is 0 Å². The Balaban J connectivity index is 1.72. The van der Waals surface area contributed by atoms with Crippen LogP contribution in [0.15, 0.2) is 79.1 Å². The maximum absolute atomic E-state index is 13.0. The van der Waals surface area contributed by atoms with Crippen molar-refractivity contribution in [2.75, 3.05) is 0 Å². The molecule has 144 valence electrons. The van der Waals surface area contributed by atoms with Crippen molar-refractivity contribution in [1.82, 2.24) is 20.1 Å². The smallest absolute Gasteiger partial charge is 0.270 e. The number of pyridine rings is 1. The van der Waals surface area contributed by atoms with Crippen LogP contribution in [0.4, 0.5) is 0 Å². The van der Waals surface area contributed by atoms with Crippen molar-refractivity contribution in [3.05, 3.63) is 102 Å². The minimum atomic E-state index is -0.177. The third kappa shape index (κ3) is 4.09. The molecule has 0 saturated heterocycles. The van der Waals surface area contributed by atoms with Crippen molar-refractivity contribution in [1.29, 1.82) is 0 Å². The molecule has 0 aliphatic heterocycles. The molecule has 1 amide bonds. The molecule has 0 unspecified atom stereocenters. The number of hydrogen-bond acceptors (Lipinski definition) is 3. The Bertz CT molecular complexity index is 1130. The van der Waals surface area contributed by atoms with Gasteiger partial charge >= 0.3 is 0 Å². The van der Waals surface area contributed by atoms with Gasteiger partial charge in [0.2, 0.25) is 0 Å². The molecule has 5 heteroatoms. The molecule has 0 radical (unpaired) electrons. The highest BCUT2D eigenvalue weighted by Gasteiger charge is 2.18. The van der Waals surface area contributed by atoms with Crippen LogP contribution in [0.3, 0.4) is 0 Å². The maximum Gasteiger partial charge on any atom is 0.270 e. The Morgan fingerprint density at radius 3 is 2.55 bits per heavy atom. The number of benzene rings is 2. The van der Waals surface area contributed by atoms with E-state index in [1.807, 2.05) is 67.6 Å². The molecule has 2 aromatic carbocycles. The monoisotopic (exact) mass is 382 g/mol. The number of carbonyl (C=O) groups is 1. The van der Waals surface area contributed by atoms with Gasteiger partial charge in [-0.2, -0.15) is 5.10 Å². The first-order chi connectivity index (χ1) is 14.1. The van der Waals surface area contributed by atoms with E-state index in [4.69, 9.17) is 5.10 Å². The zero-order valence-corrected chi connectivity index (χ0v) is 16.5. The van der Waals surface area contributed by atoms with Crippen molar-refractivity contribution in [3.63, 3.8) is 0 Å². The average molecular weight is 382 g/mol. The van der Waals surface area contributed by atoms with E-state index in [0.29, 0.717) is 12.2 Å². The second-order valence-corrected chi connectivity index (χ2v) is 7.03. The number of aromatic nitrogens is 3. The quantitative estimate of drug-likeness (QED) is 0.554. The predicted molar refractivity (Wildman–Crippen MR) is 114 cm³/mol. The lowest BCUT2D eigenvalue weighted by Crippen LogP contribution is -2.25. The molecule has 4 rings (SSSR count). The molecule has 2 aromatic heterocycles. The number of aryl methyl sites for hydroxylation is 2. The lowest BCUT2D eigenvalue weighted by molar-refractivity contribution is 0.0943. The number of nitrogens with zero attached hydrogens (tertiary/aromatic N) is 3. The summed E-state index contributed by atoms with van der Waals surface area (Å²) in [6.45, 7) is 4.49. The molecular formula is C24H22N4O. The van der Waals surface area contributed by atoms with E-state index in [2.05, 4.69) is 23.3 Å².